The molecule has 2 saturated carbocycles. The van der Waals surface area contributed by atoms with Gasteiger partial charge in [-0.15, -0.1) is 0 Å². The van der Waals surface area contributed by atoms with E-state index < -0.39 is 0 Å². The summed E-state index contributed by atoms with van der Waals surface area (Å²) in [7, 11) is 0. The number of aliphatic hydroxyl groups is 1. The van der Waals surface area contributed by atoms with Crippen molar-refractivity contribution in [3.63, 3.8) is 0 Å². The van der Waals surface area contributed by atoms with Crippen LogP contribution in [0.3, 0.4) is 0 Å². The van der Waals surface area contributed by atoms with E-state index >= 15 is 0 Å². The molecule has 0 amide bonds. The number of halogens is 2. The molecule has 4 heteroatoms. The molecule has 148 valence electrons. The van der Waals surface area contributed by atoms with Gasteiger partial charge in [0, 0.05) is 6.61 Å². The van der Waals surface area contributed by atoms with Gasteiger partial charge in [0.15, 0.2) is 0 Å². The van der Waals surface area contributed by atoms with Gasteiger partial charge in [0.25, 0.3) is 0 Å². The molecule has 1 nitrogen and oxygen atoms in total. The smallest absolute Gasteiger partial charge is 1.00 e. The normalized spacial score (nSPS) is 35.0. The van der Waals surface area contributed by atoms with Crippen molar-refractivity contribution >= 4 is 0 Å². The first-order valence-electron chi connectivity index (χ1n) is 10.1. The van der Waals surface area contributed by atoms with Gasteiger partial charge < -0.3 is 29.9 Å². The number of aliphatic hydroxyl groups excluding tert-OH is 1. The summed E-state index contributed by atoms with van der Waals surface area (Å²) in [5, 5.41) is 9.97. The van der Waals surface area contributed by atoms with Crippen LogP contribution in [0.15, 0.2) is 48.1 Å². The molecular formula is C23H32Cl2OZr. The van der Waals surface area contributed by atoms with Crippen LogP contribution in [0.25, 0.3) is 0 Å². The van der Waals surface area contributed by atoms with E-state index in [4.69, 9.17) is 0 Å². The Hall–Kier alpha value is 0.383. The third kappa shape index (κ3) is 4.30. The molecule has 0 aromatic heterocycles. The Balaban J connectivity index is 0.00000121. The standard InChI is InChI=1S/C23H32O.2ClH.Zr/c1-2-23(15-16-24,17-9-3-4-10-17)22-20-13-7-5-11-18(20)19-12-6-8-14-21(19)22;;;/h3-5,7,9,11,13,18-22,24H,2,6,8,10,12,14-16H2,1H3;2*1H;/q;;;+2/p-2. The first-order chi connectivity index (χ1) is 11.8. The van der Waals surface area contributed by atoms with E-state index in [9.17, 15) is 5.11 Å². The van der Waals surface area contributed by atoms with Gasteiger partial charge in [0.1, 0.15) is 0 Å². The van der Waals surface area contributed by atoms with Gasteiger partial charge >= 0.3 is 26.2 Å². The van der Waals surface area contributed by atoms with Crippen LogP contribution in [0.2, 0.25) is 0 Å². The Kier molecular flexibility index (Phi) is 10.3. The van der Waals surface area contributed by atoms with Gasteiger partial charge in [-0.2, -0.15) is 0 Å². The Morgan fingerprint density at radius 2 is 1.67 bits per heavy atom. The Labute approximate surface area is 196 Å². The van der Waals surface area contributed by atoms with E-state index in [0.29, 0.717) is 18.4 Å². The largest absolute Gasteiger partial charge is 2.00 e. The summed E-state index contributed by atoms with van der Waals surface area (Å²) >= 11 is 0. The predicted octanol–water partition coefficient (Wildman–Crippen LogP) is -0.548. The SMILES string of the molecule is CCC(CCO)(C1=CC=CC1)C1C2C=CC=CC2C2CCCCC21.[Cl-].[Cl-].[Zr+2]. The summed E-state index contributed by atoms with van der Waals surface area (Å²) in [6.07, 6.45) is 25.3. The van der Waals surface area contributed by atoms with Crippen molar-refractivity contribution in [2.45, 2.75) is 51.9 Å². The van der Waals surface area contributed by atoms with Crippen LogP contribution < -0.4 is 24.8 Å². The Bertz CT molecular complexity index is 597. The average Bonchev–Trinajstić information content (AvgIpc) is 3.27. The topological polar surface area (TPSA) is 20.2 Å². The zero-order valence-corrected chi connectivity index (χ0v) is 20.3. The minimum absolute atomic E-state index is 0. The van der Waals surface area contributed by atoms with Crippen molar-refractivity contribution in [2.75, 3.05) is 6.61 Å². The third-order valence-electron chi connectivity index (χ3n) is 7.71. The molecule has 1 N–H and O–H groups in total. The van der Waals surface area contributed by atoms with Crippen molar-refractivity contribution in [1.29, 1.82) is 0 Å². The number of rotatable bonds is 5. The molecule has 0 aromatic rings. The van der Waals surface area contributed by atoms with Gasteiger partial charge in [-0.05, 0) is 67.1 Å². The summed E-state index contributed by atoms with van der Waals surface area (Å²) in [4.78, 5) is 0. The summed E-state index contributed by atoms with van der Waals surface area (Å²) in [5.74, 6) is 3.84. The summed E-state index contributed by atoms with van der Waals surface area (Å²) < 4.78 is 0. The maximum Gasteiger partial charge on any atom is 2.00 e. The molecule has 0 heterocycles. The van der Waals surface area contributed by atoms with Crippen LogP contribution in [0.1, 0.15) is 51.9 Å². The first kappa shape index (κ1) is 25.4. The zero-order valence-electron chi connectivity index (χ0n) is 16.3. The van der Waals surface area contributed by atoms with E-state index in [-0.39, 0.29) is 56.4 Å². The quantitative estimate of drug-likeness (QED) is 0.553. The monoisotopic (exact) mass is 484 g/mol. The molecule has 0 aromatic carbocycles. The molecule has 0 radical (unpaired) electrons. The average molecular weight is 487 g/mol. The fourth-order valence-electron chi connectivity index (χ4n) is 6.80. The summed E-state index contributed by atoms with van der Waals surface area (Å²) in [5.41, 5.74) is 1.78. The van der Waals surface area contributed by atoms with Gasteiger partial charge in [0.05, 0.1) is 0 Å². The summed E-state index contributed by atoms with van der Waals surface area (Å²) in [6.45, 7) is 2.68. The van der Waals surface area contributed by atoms with E-state index in [2.05, 4.69) is 49.5 Å². The van der Waals surface area contributed by atoms with Crippen LogP contribution in [0.5, 0.6) is 0 Å². The van der Waals surface area contributed by atoms with Gasteiger partial charge in [-0.25, -0.2) is 0 Å². The molecule has 0 aliphatic heterocycles. The number of fused-ring (bicyclic) bond motifs is 3. The van der Waals surface area contributed by atoms with Crippen LogP contribution in [-0.2, 0) is 26.2 Å². The molecule has 4 aliphatic rings. The molecule has 27 heavy (non-hydrogen) atoms. The molecular weight excluding hydrogens is 454 g/mol. The second-order valence-corrected chi connectivity index (χ2v) is 8.37. The van der Waals surface area contributed by atoms with Crippen molar-refractivity contribution in [2.24, 2.45) is 35.0 Å². The maximum atomic E-state index is 9.97. The summed E-state index contributed by atoms with van der Waals surface area (Å²) in [6, 6.07) is 0. The number of hydrogen-bond acceptors (Lipinski definition) is 1. The molecule has 0 spiro atoms. The van der Waals surface area contributed by atoms with Crippen molar-refractivity contribution in [1.82, 2.24) is 0 Å². The van der Waals surface area contributed by atoms with E-state index in [0.717, 1.165) is 37.0 Å². The molecule has 6 atom stereocenters. The molecule has 4 rings (SSSR count). The molecule has 2 fully saturated rings. The van der Waals surface area contributed by atoms with Gasteiger partial charge in [-0.1, -0.05) is 67.9 Å². The first-order valence-corrected chi connectivity index (χ1v) is 10.1. The van der Waals surface area contributed by atoms with Gasteiger partial charge in [0.2, 0.25) is 0 Å². The molecule has 0 bridgehead atoms. The Morgan fingerprint density at radius 3 is 2.26 bits per heavy atom. The molecule has 0 saturated heterocycles. The van der Waals surface area contributed by atoms with Gasteiger partial charge in [-0.3, -0.25) is 0 Å². The van der Waals surface area contributed by atoms with Crippen LogP contribution in [0, 0.1) is 35.0 Å². The van der Waals surface area contributed by atoms with Crippen LogP contribution >= 0.6 is 0 Å². The maximum absolute atomic E-state index is 9.97. The van der Waals surface area contributed by atoms with E-state index in [1.54, 1.807) is 5.57 Å². The van der Waals surface area contributed by atoms with Crippen molar-refractivity contribution in [3.8, 4) is 0 Å². The second-order valence-electron chi connectivity index (χ2n) is 8.37. The third-order valence-corrected chi connectivity index (χ3v) is 7.71. The number of allylic oxidation sites excluding steroid dienone is 8. The predicted molar refractivity (Wildman–Crippen MR) is 100 cm³/mol. The zero-order chi connectivity index (χ0) is 16.6. The van der Waals surface area contributed by atoms with Crippen molar-refractivity contribution in [3.05, 3.63) is 48.1 Å². The fraction of sp³-hybridized carbons (Fsp3) is 0.652. The minimum Gasteiger partial charge on any atom is -1.00 e. The molecule has 6 unspecified atom stereocenters. The van der Waals surface area contributed by atoms with Crippen LogP contribution in [-0.4, -0.2) is 11.7 Å². The molecule has 4 aliphatic carbocycles. The fourth-order valence-corrected chi connectivity index (χ4v) is 6.80. The van der Waals surface area contributed by atoms with E-state index in [1.807, 2.05) is 0 Å². The van der Waals surface area contributed by atoms with E-state index in [1.165, 1.54) is 25.7 Å². The second kappa shape index (κ2) is 11.0. The number of hydrogen-bond donors (Lipinski definition) is 1. The minimum atomic E-state index is 0. The van der Waals surface area contributed by atoms with Crippen LogP contribution in [0.4, 0.5) is 0 Å². The Morgan fingerprint density at radius 1 is 1.00 bits per heavy atom. The van der Waals surface area contributed by atoms with Crippen molar-refractivity contribution < 1.29 is 56.1 Å².